The molecule has 27 heavy (non-hydrogen) atoms. The Labute approximate surface area is 156 Å². The predicted octanol–water partition coefficient (Wildman–Crippen LogP) is 1.44. The van der Waals surface area contributed by atoms with Gasteiger partial charge in [0.1, 0.15) is 18.0 Å². The van der Waals surface area contributed by atoms with E-state index >= 15 is 4.39 Å². The van der Waals surface area contributed by atoms with Crippen molar-refractivity contribution in [1.29, 1.82) is 0 Å². The maximum absolute atomic E-state index is 15.1. The lowest BCUT2D eigenvalue weighted by Crippen LogP contribution is -2.23. The summed E-state index contributed by atoms with van der Waals surface area (Å²) in [7, 11) is 0. The Balaban J connectivity index is 2.01. The van der Waals surface area contributed by atoms with E-state index in [0.717, 1.165) is 4.31 Å². The molecule has 0 radical (unpaired) electrons. The highest BCUT2D eigenvalue weighted by Gasteiger charge is 2.32. The molecule has 0 aromatic heterocycles. The quantitative estimate of drug-likeness (QED) is 0.605. The first-order valence-corrected chi connectivity index (χ1v) is 9.20. The standard InChI is InChI=1S/C17H19FN2O6S/c1-17(2,24)3-4-26-13-7-10-9(5-11(13)21)6-12(22)16(15(10)18)20-8-14(23)19-27(20)25/h5-7,21-22,24H,3-4,8H2,1-2H3,(H,19,23). The van der Waals surface area contributed by atoms with Gasteiger partial charge in [-0.15, -0.1) is 0 Å². The summed E-state index contributed by atoms with van der Waals surface area (Å²) in [5, 5.41) is 30.1. The van der Waals surface area contributed by atoms with E-state index in [2.05, 4.69) is 4.72 Å². The van der Waals surface area contributed by atoms with Gasteiger partial charge in [-0.2, -0.15) is 0 Å². The number of ether oxygens (including phenoxy) is 1. The Morgan fingerprint density at radius 3 is 2.56 bits per heavy atom. The maximum Gasteiger partial charge on any atom is 0.253 e. The second-order valence-corrected chi connectivity index (χ2v) is 7.96. The zero-order chi connectivity index (χ0) is 19.9. The zero-order valence-corrected chi connectivity index (χ0v) is 15.5. The number of fused-ring (bicyclic) bond motifs is 1. The molecule has 2 aromatic carbocycles. The van der Waals surface area contributed by atoms with Crippen molar-refractivity contribution in [2.75, 3.05) is 17.5 Å². The molecule has 8 nitrogen and oxygen atoms in total. The fourth-order valence-corrected chi connectivity index (χ4v) is 3.59. The number of phenols is 2. The second-order valence-electron chi connectivity index (χ2n) is 6.82. The molecule has 0 aliphatic carbocycles. The zero-order valence-electron chi connectivity index (χ0n) is 14.7. The highest BCUT2D eigenvalue weighted by atomic mass is 32.2. The third kappa shape index (κ3) is 3.91. The molecule has 146 valence electrons. The van der Waals surface area contributed by atoms with E-state index in [1.165, 1.54) is 18.2 Å². The van der Waals surface area contributed by atoms with Crippen LogP contribution in [0.5, 0.6) is 17.2 Å². The van der Waals surface area contributed by atoms with Crippen LogP contribution in [-0.4, -0.2) is 44.2 Å². The summed E-state index contributed by atoms with van der Waals surface area (Å²) in [6.07, 6.45) is 0.286. The molecule has 1 aliphatic rings. The molecule has 1 fully saturated rings. The Bertz CT molecular complexity index is 943. The number of hydrogen-bond donors (Lipinski definition) is 4. The van der Waals surface area contributed by atoms with Gasteiger partial charge in [-0.3, -0.25) is 13.8 Å². The topological polar surface area (TPSA) is 119 Å². The van der Waals surface area contributed by atoms with Crippen LogP contribution >= 0.6 is 0 Å². The van der Waals surface area contributed by atoms with Crippen molar-refractivity contribution in [3.05, 3.63) is 24.0 Å². The van der Waals surface area contributed by atoms with Gasteiger partial charge in [0.15, 0.2) is 17.3 Å². The number of aliphatic hydroxyl groups is 1. The molecule has 1 aliphatic heterocycles. The summed E-state index contributed by atoms with van der Waals surface area (Å²) < 4.78 is 35.4. The fourth-order valence-electron chi connectivity index (χ4n) is 2.65. The van der Waals surface area contributed by atoms with Gasteiger partial charge in [0.2, 0.25) is 11.2 Å². The van der Waals surface area contributed by atoms with Crippen LogP contribution in [0, 0.1) is 5.82 Å². The SMILES string of the molecule is CC(C)(O)CCOc1cc2c(F)c(N3CC(=O)NS3=O)c(O)cc2cc1O. The molecule has 4 N–H and O–H groups in total. The van der Waals surface area contributed by atoms with Gasteiger partial charge < -0.3 is 20.1 Å². The minimum absolute atomic E-state index is 0.000893. The number of phenolic OH excluding ortho intramolecular Hbond substituents is 2. The smallest absolute Gasteiger partial charge is 0.253 e. The summed E-state index contributed by atoms with van der Waals surface area (Å²) in [6, 6.07) is 3.68. The Hall–Kier alpha value is -2.59. The molecule has 0 spiro atoms. The predicted molar refractivity (Wildman–Crippen MR) is 97.3 cm³/mol. The molecule has 1 saturated heterocycles. The molecule has 10 heteroatoms. The molecule has 2 aromatic rings. The third-order valence-electron chi connectivity index (χ3n) is 4.02. The average molecular weight is 398 g/mol. The highest BCUT2D eigenvalue weighted by molar-refractivity contribution is 7.85. The summed E-state index contributed by atoms with van der Waals surface area (Å²) in [5.74, 6) is -2.24. The lowest BCUT2D eigenvalue weighted by Gasteiger charge is -2.19. The fraction of sp³-hybridized carbons (Fsp3) is 0.353. The number of halogens is 1. The first-order valence-electron chi connectivity index (χ1n) is 8.09. The number of benzene rings is 2. The van der Waals surface area contributed by atoms with E-state index in [1.54, 1.807) is 13.8 Å². The van der Waals surface area contributed by atoms with Gasteiger partial charge >= 0.3 is 0 Å². The number of nitrogens with one attached hydrogen (secondary N) is 1. The van der Waals surface area contributed by atoms with Gasteiger partial charge in [0.05, 0.1) is 12.2 Å². The van der Waals surface area contributed by atoms with Crippen molar-refractivity contribution >= 4 is 33.5 Å². The molecule has 1 heterocycles. The van der Waals surface area contributed by atoms with E-state index in [-0.39, 0.29) is 47.5 Å². The Morgan fingerprint density at radius 1 is 1.30 bits per heavy atom. The van der Waals surface area contributed by atoms with Crippen LogP contribution in [0.2, 0.25) is 0 Å². The van der Waals surface area contributed by atoms with Crippen molar-refractivity contribution in [2.45, 2.75) is 25.9 Å². The van der Waals surface area contributed by atoms with E-state index < -0.39 is 34.2 Å². The van der Waals surface area contributed by atoms with Gasteiger partial charge in [0, 0.05) is 11.8 Å². The Kier molecular flexibility index (Phi) is 4.87. The second kappa shape index (κ2) is 6.86. The lowest BCUT2D eigenvalue weighted by atomic mass is 10.1. The number of hydrogen-bond acceptors (Lipinski definition) is 6. The van der Waals surface area contributed by atoms with Crippen LogP contribution in [0.25, 0.3) is 10.8 Å². The van der Waals surface area contributed by atoms with Crippen molar-refractivity contribution in [3.8, 4) is 17.2 Å². The van der Waals surface area contributed by atoms with Gasteiger partial charge in [-0.1, -0.05) is 0 Å². The summed E-state index contributed by atoms with van der Waals surface area (Å²) in [6.45, 7) is 2.94. The number of aromatic hydroxyl groups is 2. The summed E-state index contributed by atoms with van der Waals surface area (Å²) in [4.78, 5) is 11.4. The first-order chi connectivity index (χ1) is 12.6. The molecule has 0 saturated carbocycles. The van der Waals surface area contributed by atoms with Crippen LogP contribution in [0.1, 0.15) is 20.3 Å². The number of amides is 1. The van der Waals surface area contributed by atoms with Crippen LogP contribution in [0.4, 0.5) is 10.1 Å². The van der Waals surface area contributed by atoms with Crippen molar-refractivity contribution < 1.29 is 33.5 Å². The van der Waals surface area contributed by atoms with E-state index in [4.69, 9.17) is 4.74 Å². The number of carbonyl (C=O) groups excluding carboxylic acids is 1. The van der Waals surface area contributed by atoms with Crippen molar-refractivity contribution in [3.63, 3.8) is 0 Å². The third-order valence-corrected chi connectivity index (χ3v) is 5.13. The largest absolute Gasteiger partial charge is 0.506 e. The summed E-state index contributed by atoms with van der Waals surface area (Å²) in [5.41, 5.74) is -1.34. The van der Waals surface area contributed by atoms with Crippen LogP contribution in [0.3, 0.4) is 0 Å². The van der Waals surface area contributed by atoms with E-state index in [0.29, 0.717) is 0 Å². The number of anilines is 1. The van der Waals surface area contributed by atoms with E-state index in [1.807, 2.05) is 0 Å². The molecule has 1 unspecified atom stereocenters. The monoisotopic (exact) mass is 398 g/mol. The first kappa shape index (κ1) is 19.2. The minimum Gasteiger partial charge on any atom is -0.506 e. The van der Waals surface area contributed by atoms with Crippen LogP contribution in [-0.2, 0) is 16.0 Å². The van der Waals surface area contributed by atoms with Crippen molar-refractivity contribution in [1.82, 2.24) is 4.72 Å². The van der Waals surface area contributed by atoms with Crippen LogP contribution < -0.4 is 13.8 Å². The molecule has 1 amide bonds. The van der Waals surface area contributed by atoms with E-state index in [9.17, 15) is 24.3 Å². The average Bonchev–Trinajstić information content (AvgIpc) is 2.86. The van der Waals surface area contributed by atoms with Gasteiger partial charge in [-0.05, 0) is 37.4 Å². The number of nitrogens with zero attached hydrogens (tertiary/aromatic N) is 1. The Morgan fingerprint density at radius 2 is 1.96 bits per heavy atom. The normalized spacial score (nSPS) is 17.4. The van der Waals surface area contributed by atoms with Crippen molar-refractivity contribution in [2.24, 2.45) is 0 Å². The minimum atomic E-state index is -2.00. The number of rotatable bonds is 5. The molecular weight excluding hydrogens is 379 g/mol. The molecule has 3 rings (SSSR count). The summed E-state index contributed by atoms with van der Waals surface area (Å²) >= 11 is -2.00. The molecular formula is C17H19FN2O6S. The van der Waals surface area contributed by atoms with Crippen LogP contribution in [0.15, 0.2) is 18.2 Å². The van der Waals surface area contributed by atoms with Gasteiger partial charge in [0.25, 0.3) is 5.91 Å². The molecule has 1 atom stereocenters. The lowest BCUT2D eigenvalue weighted by molar-refractivity contribution is -0.117. The number of carbonyl (C=O) groups is 1. The highest BCUT2D eigenvalue weighted by Crippen LogP contribution is 2.41. The maximum atomic E-state index is 15.1. The molecule has 0 bridgehead atoms. The van der Waals surface area contributed by atoms with Gasteiger partial charge in [-0.25, -0.2) is 8.60 Å².